The van der Waals surface area contributed by atoms with Crippen molar-refractivity contribution in [3.05, 3.63) is 24.3 Å². The van der Waals surface area contributed by atoms with Gasteiger partial charge in [0.1, 0.15) is 6.04 Å². The smallest absolute Gasteiger partial charge is 0.322 e. The fraction of sp³-hybridized carbons (Fsp3) is 0.375. The third-order valence-corrected chi connectivity index (χ3v) is 5.52. The van der Waals surface area contributed by atoms with E-state index < -0.39 is 18.0 Å². The lowest BCUT2D eigenvalue weighted by Gasteiger charge is -2.34. The minimum absolute atomic E-state index is 0.00128. The van der Waals surface area contributed by atoms with Gasteiger partial charge in [0.05, 0.1) is 16.6 Å². The predicted octanol–water partition coefficient (Wildman–Crippen LogP) is 0.543. The fourth-order valence-corrected chi connectivity index (χ4v) is 4.07. The number of anilines is 1. The molecular formula is C16H17N5O3S. The number of aromatic nitrogens is 1. The molecule has 1 atom stereocenters. The minimum atomic E-state index is -0.762. The number of hydrogen-bond donors (Lipinski definition) is 2. The van der Waals surface area contributed by atoms with Crippen LogP contribution < -0.4 is 15.5 Å². The van der Waals surface area contributed by atoms with Crippen LogP contribution in [0.4, 0.5) is 9.93 Å². The Morgan fingerprint density at radius 1 is 1.20 bits per heavy atom. The summed E-state index contributed by atoms with van der Waals surface area (Å²) in [4.78, 5) is 43.6. The number of thiazole rings is 1. The van der Waals surface area contributed by atoms with Gasteiger partial charge in [0, 0.05) is 26.2 Å². The van der Waals surface area contributed by atoms with Crippen molar-refractivity contribution in [1.29, 1.82) is 0 Å². The summed E-state index contributed by atoms with van der Waals surface area (Å²) in [6.07, 6.45) is -0.00128. The van der Waals surface area contributed by atoms with E-state index >= 15 is 0 Å². The van der Waals surface area contributed by atoms with Crippen LogP contribution >= 0.6 is 11.3 Å². The van der Waals surface area contributed by atoms with Gasteiger partial charge < -0.3 is 15.1 Å². The molecule has 1 aromatic heterocycles. The molecule has 1 aromatic carbocycles. The topological polar surface area (TPSA) is 94.6 Å². The highest BCUT2D eigenvalue weighted by atomic mass is 32.1. The molecule has 4 amide bonds. The highest BCUT2D eigenvalue weighted by Gasteiger charge is 2.33. The molecule has 0 aliphatic carbocycles. The number of rotatable bonds is 3. The van der Waals surface area contributed by atoms with Gasteiger partial charge in [-0.15, -0.1) is 0 Å². The molecule has 2 saturated heterocycles. The molecule has 2 aliphatic heterocycles. The number of benzene rings is 1. The van der Waals surface area contributed by atoms with Crippen LogP contribution in [0.5, 0.6) is 0 Å². The van der Waals surface area contributed by atoms with Crippen LogP contribution in [0.1, 0.15) is 6.42 Å². The number of urea groups is 1. The highest BCUT2D eigenvalue weighted by Crippen LogP contribution is 2.29. The Kier molecular flexibility index (Phi) is 4.00. The fourth-order valence-electron chi connectivity index (χ4n) is 3.05. The van der Waals surface area contributed by atoms with E-state index in [2.05, 4.69) is 26.6 Å². The summed E-state index contributed by atoms with van der Waals surface area (Å²) in [5, 5.41) is 5.57. The van der Waals surface area contributed by atoms with Crippen LogP contribution in [0.2, 0.25) is 0 Å². The molecule has 2 aromatic rings. The third kappa shape index (κ3) is 3.14. The van der Waals surface area contributed by atoms with E-state index in [0.29, 0.717) is 26.2 Å². The van der Waals surface area contributed by atoms with Crippen molar-refractivity contribution in [2.45, 2.75) is 12.5 Å². The van der Waals surface area contributed by atoms with Gasteiger partial charge >= 0.3 is 6.03 Å². The second-order valence-electron chi connectivity index (χ2n) is 6.05. The van der Waals surface area contributed by atoms with Crippen LogP contribution in [0.3, 0.4) is 0 Å². The van der Waals surface area contributed by atoms with Crippen molar-refractivity contribution in [3.8, 4) is 0 Å². The average molecular weight is 359 g/mol. The number of fused-ring (bicyclic) bond motifs is 1. The molecule has 0 unspecified atom stereocenters. The largest absolute Gasteiger partial charge is 0.345 e. The Balaban J connectivity index is 1.35. The molecule has 4 rings (SSSR count). The molecule has 3 heterocycles. The van der Waals surface area contributed by atoms with Crippen LogP contribution in [-0.4, -0.2) is 60.0 Å². The quantitative estimate of drug-likeness (QED) is 0.780. The van der Waals surface area contributed by atoms with E-state index in [-0.39, 0.29) is 12.3 Å². The molecule has 0 saturated carbocycles. The summed E-state index contributed by atoms with van der Waals surface area (Å²) < 4.78 is 1.15. The monoisotopic (exact) mass is 359 g/mol. The molecule has 8 nitrogen and oxygen atoms in total. The molecule has 9 heteroatoms. The first kappa shape index (κ1) is 15.8. The second-order valence-corrected chi connectivity index (χ2v) is 7.06. The lowest BCUT2D eigenvalue weighted by Crippen LogP contribution is -2.50. The number of nitrogens with zero attached hydrogens (tertiary/aromatic N) is 3. The number of piperazine rings is 1. The maximum absolute atomic E-state index is 12.4. The predicted molar refractivity (Wildman–Crippen MR) is 93.5 cm³/mol. The Labute approximate surface area is 147 Å². The molecule has 0 radical (unpaired) electrons. The van der Waals surface area contributed by atoms with Gasteiger partial charge in [-0.2, -0.15) is 0 Å². The van der Waals surface area contributed by atoms with E-state index in [1.54, 1.807) is 16.2 Å². The van der Waals surface area contributed by atoms with Gasteiger partial charge in [0.25, 0.3) is 5.91 Å². The molecular weight excluding hydrogens is 342 g/mol. The van der Waals surface area contributed by atoms with Crippen LogP contribution in [0.25, 0.3) is 10.2 Å². The van der Waals surface area contributed by atoms with E-state index in [1.165, 1.54) is 0 Å². The number of carbonyl (C=O) groups is 3. The zero-order valence-corrected chi connectivity index (χ0v) is 14.2. The summed E-state index contributed by atoms with van der Waals surface area (Å²) in [6.45, 7) is 2.57. The zero-order valence-electron chi connectivity index (χ0n) is 13.4. The number of para-hydroxylation sites is 1. The molecule has 130 valence electrons. The lowest BCUT2D eigenvalue weighted by atomic mass is 10.2. The van der Waals surface area contributed by atoms with Gasteiger partial charge in [0.2, 0.25) is 5.91 Å². The summed E-state index contributed by atoms with van der Waals surface area (Å²) in [7, 11) is 0. The number of carbonyl (C=O) groups excluding carboxylic acids is 3. The maximum Gasteiger partial charge on any atom is 0.322 e. The lowest BCUT2D eigenvalue weighted by molar-refractivity contribution is -0.134. The summed E-state index contributed by atoms with van der Waals surface area (Å²) >= 11 is 1.65. The van der Waals surface area contributed by atoms with Gasteiger partial charge in [-0.05, 0) is 12.1 Å². The Bertz CT molecular complexity index is 810. The Morgan fingerprint density at radius 2 is 1.96 bits per heavy atom. The van der Waals surface area contributed by atoms with Crippen LogP contribution in [0.15, 0.2) is 24.3 Å². The number of imide groups is 1. The van der Waals surface area contributed by atoms with Crippen LogP contribution in [-0.2, 0) is 9.59 Å². The van der Waals surface area contributed by atoms with Crippen molar-refractivity contribution >= 4 is 44.5 Å². The first-order valence-electron chi connectivity index (χ1n) is 8.10. The zero-order chi connectivity index (χ0) is 17.4. The molecule has 0 spiro atoms. The molecule has 0 bridgehead atoms. The number of amides is 4. The van der Waals surface area contributed by atoms with Crippen molar-refractivity contribution in [2.24, 2.45) is 0 Å². The first-order valence-corrected chi connectivity index (χ1v) is 8.91. The Morgan fingerprint density at radius 3 is 2.64 bits per heavy atom. The van der Waals surface area contributed by atoms with E-state index in [0.717, 1.165) is 15.3 Å². The average Bonchev–Trinajstić information content (AvgIpc) is 3.18. The molecule has 2 N–H and O–H groups in total. The molecule has 2 fully saturated rings. The standard InChI is InChI=1S/C16H17N5O3S/c22-13(9-11-14(23)19-15(24)17-11)20-5-7-21(8-6-20)16-18-10-3-1-2-4-12(10)25-16/h1-4,11H,5-9H2,(H2,17,19,23,24)/t11-/m0/s1. The highest BCUT2D eigenvalue weighted by molar-refractivity contribution is 7.22. The SMILES string of the molecule is O=C1NC(=O)[C@H](CC(=O)N2CCN(c3nc4ccccc4s3)CC2)N1. The van der Waals surface area contributed by atoms with E-state index in [9.17, 15) is 14.4 Å². The summed E-state index contributed by atoms with van der Waals surface area (Å²) in [6, 6.07) is 6.72. The minimum Gasteiger partial charge on any atom is -0.345 e. The van der Waals surface area contributed by atoms with Crippen molar-refractivity contribution in [1.82, 2.24) is 20.5 Å². The normalized spacial score (nSPS) is 20.7. The summed E-state index contributed by atoms with van der Waals surface area (Å²) in [5.41, 5.74) is 0.990. The van der Waals surface area contributed by atoms with Gasteiger partial charge in [-0.25, -0.2) is 9.78 Å². The number of nitrogens with one attached hydrogen (secondary N) is 2. The van der Waals surface area contributed by atoms with E-state index in [4.69, 9.17) is 0 Å². The van der Waals surface area contributed by atoms with Crippen LogP contribution in [0, 0.1) is 0 Å². The van der Waals surface area contributed by atoms with Gasteiger partial charge in [-0.1, -0.05) is 23.5 Å². The number of hydrogen-bond acceptors (Lipinski definition) is 6. The van der Waals surface area contributed by atoms with Crippen molar-refractivity contribution in [3.63, 3.8) is 0 Å². The first-order chi connectivity index (χ1) is 12.1. The summed E-state index contributed by atoms with van der Waals surface area (Å²) in [5.74, 6) is -0.558. The Hall–Kier alpha value is -2.68. The van der Waals surface area contributed by atoms with Gasteiger partial charge in [-0.3, -0.25) is 14.9 Å². The third-order valence-electron chi connectivity index (χ3n) is 4.42. The molecule has 25 heavy (non-hydrogen) atoms. The van der Waals surface area contributed by atoms with Crippen molar-refractivity contribution < 1.29 is 14.4 Å². The van der Waals surface area contributed by atoms with Crippen molar-refractivity contribution in [2.75, 3.05) is 31.1 Å². The second kappa shape index (κ2) is 6.32. The van der Waals surface area contributed by atoms with E-state index in [1.807, 2.05) is 18.2 Å². The van der Waals surface area contributed by atoms with Gasteiger partial charge in [0.15, 0.2) is 5.13 Å². The maximum atomic E-state index is 12.4. The molecule has 2 aliphatic rings.